The van der Waals surface area contributed by atoms with Gasteiger partial charge in [-0.3, -0.25) is 4.98 Å². The largest absolute Gasteiger partial charge is 0.411 e. The minimum atomic E-state index is 0.536. The Morgan fingerprint density at radius 1 is 1.55 bits per heavy atom. The van der Waals surface area contributed by atoms with Gasteiger partial charge in [0.15, 0.2) is 0 Å². The molecule has 0 aliphatic rings. The van der Waals surface area contributed by atoms with E-state index in [1.165, 1.54) is 0 Å². The Morgan fingerprint density at radius 2 is 2.27 bits per heavy atom. The molecule has 11 heavy (non-hydrogen) atoms. The molecule has 1 heterocycles. The van der Waals surface area contributed by atoms with E-state index in [0.717, 1.165) is 5.69 Å². The fraction of sp³-hybridized carbons (Fsp3) is 0.250. The summed E-state index contributed by atoms with van der Waals surface area (Å²) in [6, 6.07) is 5.59. The lowest BCUT2D eigenvalue weighted by Crippen LogP contribution is -1.98. The Kier molecular flexibility index (Phi) is 2.21. The minimum absolute atomic E-state index is 0.536. The Balaban J connectivity index is 3.06. The Hall–Kier alpha value is -1.38. The minimum Gasteiger partial charge on any atom is -0.411 e. The van der Waals surface area contributed by atoms with Crippen LogP contribution in [0.2, 0.25) is 0 Å². The van der Waals surface area contributed by atoms with Gasteiger partial charge in [0.25, 0.3) is 0 Å². The van der Waals surface area contributed by atoms with Crippen molar-refractivity contribution in [2.24, 2.45) is 5.16 Å². The van der Waals surface area contributed by atoms with E-state index >= 15 is 0 Å². The first kappa shape index (κ1) is 7.72. The molecule has 1 N–H and O–H groups in total. The standard InChI is InChI=1S/C8H10N2O/c1-6-4-3-5-8(9-6)7(2)10-11/h3-5,11H,1-2H3/b10-7+. The molecule has 0 saturated heterocycles. The zero-order valence-electron chi connectivity index (χ0n) is 6.57. The van der Waals surface area contributed by atoms with E-state index in [2.05, 4.69) is 10.1 Å². The number of oxime groups is 1. The molecule has 3 nitrogen and oxygen atoms in total. The summed E-state index contributed by atoms with van der Waals surface area (Å²) < 4.78 is 0. The third-order valence-electron chi connectivity index (χ3n) is 1.41. The van der Waals surface area contributed by atoms with Gasteiger partial charge in [-0.05, 0) is 26.0 Å². The molecule has 0 saturated carbocycles. The van der Waals surface area contributed by atoms with Gasteiger partial charge in [0.1, 0.15) is 5.71 Å². The van der Waals surface area contributed by atoms with Crippen molar-refractivity contribution in [3.05, 3.63) is 29.6 Å². The molecule has 0 radical (unpaired) electrons. The van der Waals surface area contributed by atoms with Crippen LogP contribution in [-0.4, -0.2) is 15.9 Å². The highest BCUT2D eigenvalue weighted by Crippen LogP contribution is 1.98. The van der Waals surface area contributed by atoms with Gasteiger partial charge in [-0.25, -0.2) is 0 Å². The van der Waals surface area contributed by atoms with Crippen LogP contribution < -0.4 is 0 Å². The molecule has 1 aromatic heterocycles. The van der Waals surface area contributed by atoms with Crippen LogP contribution in [-0.2, 0) is 0 Å². The average Bonchev–Trinajstić information content (AvgIpc) is 2.03. The SMILES string of the molecule is C/C(=N\O)c1cccc(C)n1. The lowest BCUT2D eigenvalue weighted by Gasteiger charge is -1.97. The zero-order chi connectivity index (χ0) is 8.27. The summed E-state index contributed by atoms with van der Waals surface area (Å²) in [6.07, 6.45) is 0. The van der Waals surface area contributed by atoms with Crippen molar-refractivity contribution in [3.8, 4) is 0 Å². The van der Waals surface area contributed by atoms with Crippen molar-refractivity contribution < 1.29 is 5.21 Å². The summed E-state index contributed by atoms with van der Waals surface area (Å²) in [5.74, 6) is 0. The molecule has 1 aromatic rings. The second-order valence-electron chi connectivity index (χ2n) is 2.35. The van der Waals surface area contributed by atoms with E-state index in [0.29, 0.717) is 11.4 Å². The Labute approximate surface area is 65.4 Å². The van der Waals surface area contributed by atoms with Crippen LogP contribution in [0, 0.1) is 6.92 Å². The van der Waals surface area contributed by atoms with Gasteiger partial charge in [0.05, 0.1) is 5.69 Å². The number of rotatable bonds is 1. The molecule has 1 rings (SSSR count). The molecule has 3 heteroatoms. The first-order valence-corrected chi connectivity index (χ1v) is 3.36. The van der Waals surface area contributed by atoms with Crippen LogP contribution in [0.5, 0.6) is 0 Å². The third-order valence-corrected chi connectivity index (χ3v) is 1.41. The molecule has 0 atom stereocenters. The fourth-order valence-electron chi connectivity index (χ4n) is 0.796. The average molecular weight is 150 g/mol. The predicted octanol–water partition coefficient (Wildman–Crippen LogP) is 1.59. The fourth-order valence-corrected chi connectivity index (χ4v) is 0.796. The van der Waals surface area contributed by atoms with Crippen LogP contribution >= 0.6 is 0 Å². The lowest BCUT2D eigenvalue weighted by atomic mass is 10.2. The quantitative estimate of drug-likeness (QED) is 0.375. The summed E-state index contributed by atoms with van der Waals surface area (Å²) >= 11 is 0. The highest BCUT2D eigenvalue weighted by molar-refractivity contribution is 5.96. The molecule has 0 spiro atoms. The Bertz CT molecular complexity index is 281. The Morgan fingerprint density at radius 3 is 2.82 bits per heavy atom. The van der Waals surface area contributed by atoms with Crippen molar-refractivity contribution in [1.82, 2.24) is 4.98 Å². The summed E-state index contributed by atoms with van der Waals surface area (Å²) in [4.78, 5) is 4.15. The third kappa shape index (κ3) is 1.77. The van der Waals surface area contributed by atoms with E-state index < -0.39 is 0 Å². The molecule has 0 unspecified atom stereocenters. The second-order valence-corrected chi connectivity index (χ2v) is 2.35. The summed E-state index contributed by atoms with van der Waals surface area (Å²) in [7, 11) is 0. The van der Waals surface area contributed by atoms with Gasteiger partial charge >= 0.3 is 0 Å². The molecule has 0 aliphatic carbocycles. The van der Waals surface area contributed by atoms with Crippen LogP contribution in [0.15, 0.2) is 23.4 Å². The van der Waals surface area contributed by atoms with E-state index in [9.17, 15) is 0 Å². The first-order chi connectivity index (χ1) is 5.24. The highest BCUT2D eigenvalue weighted by Gasteiger charge is 1.97. The maximum atomic E-state index is 8.43. The van der Waals surface area contributed by atoms with Crippen molar-refractivity contribution in [2.75, 3.05) is 0 Å². The summed E-state index contributed by atoms with van der Waals surface area (Å²) in [6.45, 7) is 3.61. The van der Waals surface area contributed by atoms with Gasteiger partial charge in [0, 0.05) is 5.69 Å². The number of hydrogen-bond donors (Lipinski definition) is 1. The van der Waals surface area contributed by atoms with Crippen molar-refractivity contribution in [2.45, 2.75) is 13.8 Å². The second kappa shape index (κ2) is 3.14. The van der Waals surface area contributed by atoms with Crippen molar-refractivity contribution >= 4 is 5.71 Å². The molecule has 0 amide bonds. The van der Waals surface area contributed by atoms with E-state index in [1.807, 2.05) is 25.1 Å². The summed E-state index contributed by atoms with van der Waals surface area (Å²) in [5.41, 5.74) is 2.17. The number of aromatic nitrogens is 1. The van der Waals surface area contributed by atoms with Gasteiger partial charge < -0.3 is 5.21 Å². The molecule has 0 bridgehead atoms. The van der Waals surface area contributed by atoms with Crippen LogP contribution in [0.4, 0.5) is 0 Å². The molecule has 0 aromatic carbocycles. The normalized spacial score (nSPS) is 11.6. The summed E-state index contributed by atoms with van der Waals surface area (Å²) in [5, 5.41) is 11.5. The number of aryl methyl sites for hydroxylation is 1. The molecular formula is C8H10N2O. The molecule has 0 fully saturated rings. The van der Waals surface area contributed by atoms with Gasteiger partial charge in [-0.2, -0.15) is 0 Å². The van der Waals surface area contributed by atoms with Gasteiger partial charge in [-0.1, -0.05) is 11.2 Å². The van der Waals surface area contributed by atoms with Gasteiger partial charge in [-0.15, -0.1) is 0 Å². The first-order valence-electron chi connectivity index (χ1n) is 3.36. The van der Waals surface area contributed by atoms with Crippen LogP contribution in [0.1, 0.15) is 18.3 Å². The molecule has 58 valence electrons. The number of nitrogens with zero attached hydrogens (tertiary/aromatic N) is 2. The number of hydrogen-bond acceptors (Lipinski definition) is 3. The van der Waals surface area contributed by atoms with Crippen LogP contribution in [0.25, 0.3) is 0 Å². The van der Waals surface area contributed by atoms with Crippen molar-refractivity contribution in [3.63, 3.8) is 0 Å². The van der Waals surface area contributed by atoms with Gasteiger partial charge in [0.2, 0.25) is 0 Å². The molecule has 0 aliphatic heterocycles. The maximum Gasteiger partial charge on any atom is 0.102 e. The van der Waals surface area contributed by atoms with E-state index in [-0.39, 0.29) is 0 Å². The lowest BCUT2D eigenvalue weighted by molar-refractivity contribution is 0.319. The zero-order valence-corrected chi connectivity index (χ0v) is 6.57. The topological polar surface area (TPSA) is 45.5 Å². The van der Waals surface area contributed by atoms with E-state index in [1.54, 1.807) is 6.92 Å². The smallest absolute Gasteiger partial charge is 0.102 e. The van der Waals surface area contributed by atoms with E-state index in [4.69, 9.17) is 5.21 Å². The highest BCUT2D eigenvalue weighted by atomic mass is 16.4. The predicted molar refractivity (Wildman–Crippen MR) is 43.0 cm³/mol. The molecular weight excluding hydrogens is 140 g/mol. The maximum absolute atomic E-state index is 8.43. The monoisotopic (exact) mass is 150 g/mol. The number of pyridine rings is 1. The van der Waals surface area contributed by atoms with Crippen molar-refractivity contribution in [1.29, 1.82) is 0 Å². The van der Waals surface area contributed by atoms with Crippen LogP contribution in [0.3, 0.4) is 0 Å².